The van der Waals surface area contributed by atoms with Crippen LogP contribution in [0.5, 0.6) is 11.5 Å². The van der Waals surface area contributed by atoms with E-state index >= 15 is 0 Å². The van der Waals surface area contributed by atoms with Crippen LogP contribution in [0.1, 0.15) is 38.3 Å². The monoisotopic (exact) mass is 624 g/mol. The number of aromatic amines is 1. The number of carbonyl (C=O) groups excluding carboxylic acids is 3. The van der Waals surface area contributed by atoms with E-state index in [2.05, 4.69) is 20.5 Å². The Morgan fingerprint density at radius 2 is 1.55 bits per heavy atom. The maximum atomic E-state index is 14.0. The Bertz CT molecular complexity index is 1460. The molecule has 2 aliphatic carbocycles. The maximum Gasteiger partial charge on any atom is 0.408 e. The first-order chi connectivity index (χ1) is 21.0. The van der Waals surface area contributed by atoms with Crippen molar-refractivity contribution in [2.24, 2.45) is 17.8 Å². The van der Waals surface area contributed by atoms with E-state index in [0.717, 1.165) is 11.1 Å². The number of methoxy groups -OCH3 is 2. The van der Waals surface area contributed by atoms with Gasteiger partial charge in [-0.2, -0.15) is 5.10 Å². The van der Waals surface area contributed by atoms with Gasteiger partial charge in [0.25, 0.3) is 0 Å². The molecule has 2 N–H and O–H groups in total. The third-order valence-electron chi connectivity index (χ3n) is 7.68. The van der Waals surface area contributed by atoms with Gasteiger partial charge in [0.2, 0.25) is 0 Å². The molecule has 5 rings (SSSR count). The minimum Gasteiger partial charge on any atom is -0.497 e. The molecule has 0 unspecified atom stereocenters. The van der Waals surface area contributed by atoms with Gasteiger partial charge in [-0.15, -0.1) is 0 Å². The van der Waals surface area contributed by atoms with E-state index in [1.807, 2.05) is 12.1 Å². The standard InChI is InChI=1S/C31H36N4O8S/c1-30(2,3)43-29(38)34-31(27(37)42-16-19-8-12-21(40-5)13-9-19)14-22(44-28-32-17-33-35-28)23-24(25(23)31)26(36)41-15-18-6-10-20(39-4)11-7-18/h6-13,17,22-25H,14-16H2,1-5H3,(H,34,38)(H,32,33,35)/t22-,23-,24-,25-,31-/m0/s1. The van der Waals surface area contributed by atoms with Crippen molar-refractivity contribution in [1.29, 1.82) is 0 Å². The summed E-state index contributed by atoms with van der Waals surface area (Å²) in [5.74, 6) is -1.29. The molecule has 0 spiro atoms. The summed E-state index contributed by atoms with van der Waals surface area (Å²) in [4.78, 5) is 45.0. The zero-order chi connectivity index (χ0) is 31.5. The Balaban J connectivity index is 1.40. The van der Waals surface area contributed by atoms with Crippen molar-refractivity contribution in [2.75, 3.05) is 14.2 Å². The average molecular weight is 625 g/mol. The maximum absolute atomic E-state index is 14.0. The van der Waals surface area contributed by atoms with E-state index in [1.165, 1.54) is 18.1 Å². The van der Waals surface area contributed by atoms with Crippen LogP contribution in [0.15, 0.2) is 60.0 Å². The number of fused-ring (bicyclic) bond motifs is 1. The first kappa shape index (κ1) is 31.2. The van der Waals surface area contributed by atoms with E-state index < -0.39 is 41.0 Å². The van der Waals surface area contributed by atoms with Crippen LogP contribution in [0.25, 0.3) is 0 Å². The quantitative estimate of drug-likeness (QED) is 0.232. The van der Waals surface area contributed by atoms with Gasteiger partial charge in [0, 0.05) is 11.2 Å². The Labute approximate surface area is 259 Å². The molecule has 0 bridgehead atoms. The molecule has 3 aromatic rings. The smallest absolute Gasteiger partial charge is 0.408 e. The van der Waals surface area contributed by atoms with Crippen LogP contribution in [0.3, 0.4) is 0 Å². The first-order valence-corrected chi connectivity index (χ1v) is 15.0. The van der Waals surface area contributed by atoms with Crippen molar-refractivity contribution in [3.05, 3.63) is 66.0 Å². The van der Waals surface area contributed by atoms with Crippen LogP contribution in [0.4, 0.5) is 4.79 Å². The Morgan fingerprint density at radius 1 is 0.955 bits per heavy atom. The zero-order valence-corrected chi connectivity index (χ0v) is 26.0. The van der Waals surface area contributed by atoms with Crippen molar-refractivity contribution in [2.45, 2.75) is 62.0 Å². The lowest BCUT2D eigenvalue weighted by atomic mass is 9.90. The van der Waals surface area contributed by atoms with Crippen molar-refractivity contribution < 1.29 is 38.1 Å². The zero-order valence-electron chi connectivity index (χ0n) is 25.2. The van der Waals surface area contributed by atoms with Crippen LogP contribution in [0.2, 0.25) is 0 Å². The third-order valence-corrected chi connectivity index (χ3v) is 8.89. The van der Waals surface area contributed by atoms with Crippen LogP contribution in [-0.2, 0) is 37.0 Å². The number of aromatic nitrogens is 3. The van der Waals surface area contributed by atoms with E-state index in [-0.39, 0.29) is 30.8 Å². The number of nitrogens with one attached hydrogen (secondary N) is 2. The number of ether oxygens (including phenoxy) is 5. The summed E-state index contributed by atoms with van der Waals surface area (Å²) in [6, 6.07) is 14.3. The number of alkyl carbamates (subject to hydrolysis) is 1. The van der Waals surface area contributed by atoms with Crippen LogP contribution in [-0.4, -0.2) is 63.8 Å². The van der Waals surface area contributed by atoms with Gasteiger partial charge in [0.15, 0.2) is 5.16 Å². The first-order valence-electron chi connectivity index (χ1n) is 14.2. The van der Waals surface area contributed by atoms with Gasteiger partial charge < -0.3 is 29.0 Å². The summed E-state index contributed by atoms with van der Waals surface area (Å²) in [6.45, 7) is 5.21. The molecule has 2 fully saturated rings. The second-order valence-corrected chi connectivity index (χ2v) is 13.0. The molecule has 12 nitrogen and oxygen atoms in total. The van der Waals surface area contributed by atoms with Gasteiger partial charge >= 0.3 is 18.0 Å². The average Bonchev–Trinajstić information content (AvgIpc) is 3.39. The number of benzene rings is 2. The van der Waals surface area contributed by atoms with Gasteiger partial charge in [-0.05, 0) is 68.5 Å². The number of carbonyl (C=O) groups is 3. The molecule has 2 saturated carbocycles. The molecule has 2 aliphatic rings. The predicted molar refractivity (Wildman–Crippen MR) is 159 cm³/mol. The number of H-pyrrole nitrogens is 1. The number of rotatable bonds is 11. The van der Waals surface area contributed by atoms with Crippen LogP contribution < -0.4 is 14.8 Å². The number of thioether (sulfide) groups is 1. The highest BCUT2D eigenvalue weighted by Gasteiger charge is 2.76. The molecule has 0 radical (unpaired) electrons. The highest BCUT2D eigenvalue weighted by atomic mass is 32.2. The number of hydrogen-bond donors (Lipinski definition) is 2. The summed E-state index contributed by atoms with van der Waals surface area (Å²) in [5.41, 5.74) is -0.833. The topological polar surface area (TPSA) is 151 Å². The lowest BCUT2D eigenvalue weighted by molar-refractivity contribution is -0.155. The predicted octanol–water partition coefficient (Wildman–Crippen LogP) is 4.30. The largest absolute Gasteiger partial charge is 0.497 e. The minimum atomic E-state index is -1.54. The Kier molecular flexibility index (Phi) is 9.05. The number of nitrogens with zero attached hydrogens (tertiary/aromatic N) is 2. The third kappa shape index (κ3) is 6.93. The van der Waals surface area contributed by atoms with Crippen LogP contribution >= 0.6 is 11.8 Å². The van der Waals surface area contributed by atoms with E-state index in [1.54, 1.807) is 71.4 Å². The van der Waals surface area contributed by atoms with Crippen molar-refractivity contribution in [3.8, 4) is 11.5 Å². The molecule has 13 heteroatoms. The molecule has 0 saturated heterocycles. The molecule has 44 heavy (non-hydrogen) atoms. The lowest BCUT2D eigenvalue weighted by Crippen LogP contribution is -2.58. The lowest BCUT2D eigenvalue weighted by Gasteiger charge is -2.33. The molecule has 1 aromatic heterocycles. The summed E-state index contributed by atoms with van der Waals surface area (Å²) in [5, 5.41) is 9.83. The number of amides is 1. The van der Waals surface area contributed by atoms with Crippen LogP contribution in [0, 0.1) is 17.8 Å². The molecule has 1 amide bonds. The fourth-order valence-electron chi connectivity index (χ4n) is 5.70. The molecule has 1 heterocycles. The summed E-state index contributed by atoms with van der Waals surface area (Å²) in [7, 11) is 3.15. The molecule has 2 aromatic carbocycles. The molecule has 0 aliphatic heterocycles. The van der Waals surface area contributed by atoms with Gasteiger partial charge in [-0.3, -0.25) is 9.89 Å². The highest BCUT2D eigenvalue weighted by molar-refractivity contribution is 7.99. The minimum absolute atomic E-state index is 0.0372. The van der Waals surface area contributed by atoms with Gasteiger partial charge in [-0.1, -0.05) is 36.0 Å². The number of esters is 2. The highest BCUT2D eigenvalue weighted by Crippen LogP contribution is 2.66. The molecule has 234 valence electrons. The van der Waals surface area contributed by atoms with Gasteiger partial charge in [0.1, 0.15) is 42.2 Å². The van der Waals surface area contributed by atoms with Gasteiger partial charge in [-0.25, -0.2) is 14.6 Å². The van der Waals surface area contributed by atoms with E-state index in [4.69, 9.17) is 23.7 Å². The summed E-state index contributed by atoms with van der Waals surface area (Å²) in [6.07, 6.45) is 0.800. The normalized spacial score (nSPS) is 23.7. The fraction of sp³-hybridized carbons (Fsp3) is 0.452. The van der Waals surface area contributed by atoms with E-state index in [9.17, 15) is 14.4 Å². The number of hydrogen-bond acceptors (Lipinski definition) is 11. The van der Waals surface area contributed by atoms with E-state index in [0.29, 0.717) is 16.7 Å². The summed E-state index contributed by atoms with van der Waals surface area (Å²) < 4.78 is 27.5. The van der Waals surface area contributed by atoms with Crippen molar-refractivity contribution in [1.82, 2.24) is 20.5 Å². The Morgan fingerprint density at radius 3 is 2.07 bits per heavy atom. The van der Waals surface area contributed by atoms with Gasteiger partial charge in [0.05, 0.1) is 20.1 Å². The van der Waals surface area contributed by atoms with Crippen molar-refractivity contribution >= 4 is 29.8 Å². The summed E-state index contributed by atoms with van der Waals surface area (Å²) >= 11 is 1.36. The second-order valence-electron chi connectivity index (χ2n) is 11.8. The van der Waals surface area contributed by atoms with Crippen molar-refractivity contribution in [3.63, 3.8) is 0 Å². The Hall–Kier alpha value is -4.26. The SMILES string of the molecule is COc1ccc(COC(=O)[C@H]2[C@H]3[C@@H]2[C@](NC(=O)OC(C)(C)C)(C(=O)OCc2ccc(OC)cc2)C[C@@H]3Sc2ncn[nH]2)cc1. The molecular weight excluding hydrogens is 588 g/mol. The second kappa shape index (κ2) is 12.8. The fourth-order valence-corrected chi connectivity index (χ4v) is 7.04. The molecular formula is C31H36N4O8S. The molecule has 5 atom stereocenters.